The highest BCUT2D eigenvalue weighted by Gasteiger charge is 2.51. The van der Waals surface area contributed by atoms with Crippen LogP contribution in [0.25, 0.3) is 0 Å². The SMILES string of the molecule is O=C(N[C@H](Cc1ccccc1)C(=O)Nc1ccc(C(=O)NC23CC4CC(CC(C4)C2)C3)cc1)OCc1ccccc1. The Kier molecular flexibility index (Phi) is 7.77. The van der Waals surface area contributed by atoms with E-state index in [1.54, 1.807) is 24.3 Å². The standard InChI is InChI=1S/C34H37N3O4/c38-31(37-34-19-25-15-26(20-34)17-27(16-25)21-34)28-11-13-29(14-12-28)35-32(39)30(18-23-7-3-1-4-8-23)36-33(40)41-22-24-9-5-2-6-10-24/h1-14,25-27,30H,15-22H2,(H,35,39)(H,36,40)(H,37,38)/t25?,26?,27?,30-,34?/m1/s1. The van der Waals surface area contributed by atoms with Gasteiger partial charge in [0.15, 0.2) is 0 Å². The van der Waals surface area contributed by atoms with E-state index in [2.05, 4.69) is 16.0 Å². The van der Waals surface area contributed by atoms with Crippen LogP contribution in [0.1, 0.15) is 60.0 Å². The molecule has 4 aliphatic rings. The molecular formula is C34H37N3O4. The fourth-order valence-corrected chi connectivity index (χ4v) is 7.48. The largest absolute Gasteiger partial charge is 0.445 e. The predicted octanol–water partition coefficient (Wildman–Crippen LogP) is 5.86. The average molecular weight is 552 g/mol. The van der Waals surface area contributed by atoms with E-state index in [0.29, 0.717) is 17.7 Å². The molecule has 1 atom stereocenters. The number of anilines is 1. The normalized spacial score (nSPS) is 24.7. The van der Waals surface area contributed by atoms with Crippen molar-refractivity contribution in [3.05, 3.63) is 102 Å². The number of hydrogen-bond acceptors (Lipinski definition) is 4. The van der Waals surface area contributed by atoms with Gasteiger partial charge in [-0.1, -0.05) is 60.7 Å². The summed E-state index contributed by atoms with van der Waals surface area (Å²) in [6.07, 6.45) is 6.92. The number of amides is 3. The first kappa shape index (κ1) is 27.1. The molecular weight excluding hydrogens is 514 g/mol. The lowest BCUT2D eigenvalue weighted by atomic mass is 9.53. The molecule has 0 saturated heterocycles. The zero-order valence-electron chi connectivity index (χ0n) is 23.2. The number of carbonyl (C=O) groups is 3. The zero-order valence-corrected chi connectivity index (χ0v) is 23.2. The van der Waals surface area contributed by atoms with Gasteiger partial charge in [0.1, 0.15) is 12.6 Å². The Bertz CT molecular complexity index is 1340. The molecule has 0 heterocycles. The van der Waals surface area contributed by atoms with Crippen LogP contribution in [-0.2, 0) is 22.6 Å². The van der Waals surface area contributed by atoms with E-state index in [9.17, 15) is 14.4 Å². The van der Waals surface area contributed by atoms with E-state index in [0.717, 1.165) is 48.1 Å². The molecule has 0 aliphatic heterocycles. The third-order valence-corrected chi connectivity index (χ3v) is 8.94. The number of ether oxygens (including phenoxy) is 1. The highest BCUT2D eigenvalue weighted by molar-refractivity contribution is 5.98. The number of carbonyl (C=O) groups excluding carboxylic acids is 3. The monoisotopic (exact) mass is 551 g/mol. The first-order chi connectivity index (χ1) is 19.9. The first-order valence-corrected chi connectivity index (χ1v) is 14.7. The number of rotatable bonds is 9. The Morgan fingerprint density at radius 3 is 1.90 bits per heavy atom. The van der Waals surface area contributed by atoms with Crippen LogP contribution >= 0.6 is 0 Å². The second kappa shape index (κ2) is 11.8. The van der Waals surface area contributed by atoms with Crippen LogP contribution in [0.2, 0.25) is 0 Å². The van der Waals surface area contributed by atoms with E-state index in [1.165, 1.54) is 19.3 Å². The average Bonchev–Trinajstić information content (AvgIpc) is 2.96. The zero-order chi connectivity index (χ0) is 28.2. The summed E-state index contributed by atoms with van der Waals surface area (Å²) < 4.78 is 5.36. The summed E-state index contributed by atoms with van der Waals surface area (Å²) in [6, 6.07) is 25.0. The quantitative estimate of drug-likeness (QED) is 0.310. The van der Waals surface area contributed by atoms with E-state index in [-0.39, 0.29) is 24.0 Å². The molecule has 7 heteroatoms. The molecule has 0 aromatic heterocycles. The Morgan fingerprint density at radius 2 is 1.32 bits per heavy atom. The topological polar surface area (TPSA) is 96.5 Å². The smallest absolute Gasteiger partial charge is 0.408 e. The van der Waals surface area contributed by atoms with Gasteiger partial charge in [-0.3, -0.25) is 9.59 Å². The second-order valence-corrected chi connectivity index (χ2v) is 12.2. The summed E-state index contributed by atoms with van der Waals surface area (Å²) in [5.74, 6) is 1.86. The van der Waals surface area contributed by atoms with Crippen molar-refractivity contribution in [3.8, 4) is 0 Å². The van der Waals surface area contributed by atoms with Crippen molar-refractivity contribution in [1.29, 1.82) is 0 Å². The van der Waals surface area contributed by atoms with Crippen LogP contribution in [0.15, 0.2) is 84.9 Å². The third-order valence-electron chi connectivity index (χ3n) is 8.94. The van der Waals surface area contributed by atoms with Gasteiger partial charge < -0.3 is 20.7 Å². The van der Waals surface area contributed by atoms with Crippen molar-refractivity contribution in [1.82, 2.24) is 10.6 Å². The summed E-state index contributed by atoms with van der Waals surface area (Å²) in [4.78, 5) is 39.1. The van der Waals surface area contributed by atoms with Gasteiger partial charge in [0.2, 0.25) is 5.91 Å². The maximum Gasteiger partial charge on any atom is 0.408 e. The number of benzene rings is 3. The first-order valence-electron chi connectivity index (χ1n) is 14.7. The van der Waals surface area contributed by atoms with Crippen LogP contribution in [-0.4, -0.2) is 29.5 Å². The lowest BCUT2D eigenvalue weighted by molar-refractivity contribution is -0.118. The Balaban J connectivity index is 1.07. The van der Waals surface area contributed by atoms with Gasteiger partial charge in [0.25, 0.3) is 5.91 Å². The van der Waals surface area contributed by atoms with Crippen LogP contribution in [0, 0.1) is 17.8 Å². The lowest BCUT2D eigenvalue weighted by Gasteiger charge is -2.56. The van der Waals surface area contributed by atoms with Crippen molar-refractivity contribution in [2.24, 2.45) is 17.8 Å². The number of hydrogen-bond donors (Lipinski definition) is 3. The minimum Gasteiger partial charge on any atom is -0.445 e. The Labute approximate surface area is 241 Å². The van der Waals surface area contributed by atoms with Gasteiger partial charge in [0, 0.05) is 23.2 Å². The van der Waals surface area contributed by atoms with Crippen LogP contribution in [0.3, 0.4) is 0 Å². The third kappa shape index (κ3) is 6.62. The van der Waals surface area contributed by atoms with E-state index in [4.69, 9.17) is 4.74 Å². The summed E-state index contributed by atoms with van der Waals surface area (Å²) in [6.45, 7) is 0.110. The minimum atomic E-state index is -0.847. The van der Waals surface area contributed by atoms with E-state index in [1.807, 2.05) is 60.7 Å². The molecule has 4 aliphatic carbocycles. The number of nitrogens with one attached hydrogen (secondary N) is 3. The van der Waals surface area contributed by atoms with Crippen LogP contribution < -0.4 is 16.0 Å². The maximum absolute atomic E-state index is 13.3. The van der Waals surface area contributed by atoms with Gasteiger partial charge in [-0.05, 0) is 91.7 Å². The molecule has 3 N–H and O–H groups in total. The van der Waals surface area contributed by atoms with Crippen molar-refractivity contribution >= 4 is 23.6 Å². The second-order valence-electron chi connectivity index (χ2n) is 12.2. The van der Waals surface area contributed by atoms with Crippen molar-refractivity contribution in [3.63, 3.8) is 0 Å². The van der Waals surface area contributed by atoms with Crippen molar-refractivity contribution in [2.45, 2.75) is 63.1 Å². The lowest BCUT2D eigenvalue weighted by Crippen LogP contribution is -2.59. The van der Waals surface area contributed by atoms with Gasteiger partial charge in [-0.2, -0.15) is 0 Å². The van der Waals surface area contributed by atoms with Crippen LogP contribution in [0.5, 0.6) is 0 Å². The molecule has 3 amide bonds. The Morgan fingerprint density at radius 1 is 0.756 bits per heavy atom. The molecule has 7 nitrogen and oxygen atoms in total. The summed E-state index contributed by atoms with van der Waals surface area (Å²) in [7, 11) is 0. The van der Waals surface area contributed by atoms with Gasteiger partial charge in [0.05, 0.1) is 0 Å². The number of alkyl carbamates (subject to hydrolysis) is 1. The maximum atomic E-state index is 13.3. The van der Waals surface area contributed by atoms with Crippen molar-refractivity contribution in [2.75, 3.05) is 5.32 Å². The molecule has 3 aromatic carbocycles. The molecule has 4 saturated carbocycles. The summed E-state index contributed by atoms with van der Waals surface area (Å²) in [5.41, 5.74) is 2.86. The minimum absolute atomic E-state index is 0.0467. The molecule has 4 fully saturated rings. The summed E-state index contributed by atoms with van der Waals surface area (Å²) in [5, 5.41) is 9.02. The molecule has 7 rings (SSSR count). The molecule has 0 spiro atoms. The Hall–Kier alpha value is -4.13. The van der Waals surface area contributed by atoms with Gasteiger partial charge >= 0.3 is 6.09 Å². The summed E-state index contributed by atoms with van der Waals surface area (Å²) >= 11 is 0. The highest BCUT2D eigenvalue weighted by atomic mass is 16.5. The van der Waals surface area contributed by atoms with E-state index >= 15 is 0 Å². The van der Waals surface area contributed by atoms with Gasteiger partial charge in [-0.25, -0.2) is 4.79 Å². The highest BCUT2D eigenvalue weighted by Crippen LogP contribution is 2.55. The fraction of sp³-hybridized carbons (Fsp3) is 0.382. The molecule has 0 radical (unpaired) electrons. The van der Waals surface area contributed by atoms with E-state index < -0.39 is 12.1 Å². The predicted molar refractivity (Wildman–Crippen MR) is 157 cm³/mol. The molecule has 3 aromatic rings. The van der Waals surface area contributed by atoms with Crippen molar-refractivity contribution < 1.29 is 19.1 Å². The van der Waals surface area contributed by atoms with Crippen LogP contribution in [0.4, 0.5) is 10.5 Å². The molecule has 212 valence electrons. The fourth-order valence-electron chi connectivity index (χ4n) is 7.48. The molecule has 4 bridgehead atoms. The van der Waals surface area contributed by atoms with Gasteiger partial charge in [-0.15, -0.1) is 0 Å². The molecule has 0 unspecified atom stereocenters. The molecule has 41 heavy (non-hydrogen) atoms.